The van der Waals surface area contributed by atoms with Crippen molar-refractivity contribution in [1.29, 1.82) is 0 Å². The van der Waals surface area contributed by atoms with E-state index in [-0.39, 0.29) is 6.04 Å². The van der Waals surface area contributed by atoms with Crippen molar-refractivity contribution in [1.82, 2.24) is 15.1 Å². The van der Waals surface area contributed by atoms with Crippen LogP contribution in [0.2, 0.25) is 5.02 Å². The minimum absolute atomic E-state index is 0.222. The molecule has 5 heteroatoms. The number of aryl methyl sites for hydroxylation is 1. The number of aromatic nitrogens is 2. The highest BCUT2D eigenvalue weighted by Crippen LogP contribution is 2.25. The summed E-state index contributed by atoms with van der Waals surface area (Å²) in [5.41, 5.74) is 2.26. The molecule has 1 unspecified atom stereocenters. The summed E-state index contributed by atoms with van der Waals surface area (Å²) in [4.78, 5) is 0. The lowest BCUT2D eigenvalue weighted by atomic mass is 10.0. The zero-order valence-electron chi connectivity index (χ0n) is 11.7. The number of rotatable bonds is 6. The molecule has 0 bridgehead atoms. The summed E-state index contributed by atoms with van der Waals surface area (Å²) in [5, 5.41) is 8.78. The van der Waals surface area contributed by atoms with Crippen LogP contribution in [0.25, 0.3) is 0 Å². The second-order valence-corrected chi connectivity index (χ2v) is 6.25. The third-order valence-corrected chi connectivity index (χ3v) is 3.79. The maximum Gasteiger partial charge on any atom is 0.0643 e. The molecule has 1 aromatic carbocycles. The van der Waals surface area contributed by atoms with E-state index in [1.54, 1.807) is 0 Å². The van der Waals surface area contributed by atoms with Crippen LogP contribution in [0.1, 0.15) is 30.6 Å². The van der Waals surface area contributed by atoms with Gasteiger partial charge in [-0.15, -0.1) is 0 Å². The lowest BCUT2D eigenvalue weighted by Gasteiger charge is -2.18. The van der Waals surface area contributed by atoms with Gasteiger partial charge in [-0.3, -0.25) is 4.68 Å². The molecule has 1 N–H and O–H groups in total. The average Bonchev–Trinajstić information content (AvgIpc) is 2.79. The standard InChI is InChI=1S/C15H19BrClN3/c1-3-5-18-15(10-14-4-6-20(2)19-14)11-7-12(16)9-13(17)8-11/h4,6-9,15,18H,3,5,10H2,1-2H3. The molecule has 2 rings (SSSR count). The summed E-state index contributed by atoms with van der Waals surface area (Å²) in [6.07, 6.45) is 3.92. The third-order valence-electron chi connectivity index (χ3n) is 3.11. The van der Waals surface area contributed by atoms with Crippen LogP contribution in [-0.4, -0.2) is 16.3 Å². The van der Waals surface area contributed by atoms with Crippen molar-refractivity contribution in [2.45, 2.75) is 25.8 Å². The number of benzene rings is 1. The topological polar surface area (TPSA) is 29.9 Å². The van der Waals surface area contributed by atoms with Gasteiger partial charge in [-0.25, -0.2) is 0 Å². The van der Waals surface area contributed by atoms with Gasteiger partial charge in [0, 0.05) is 35.2 Å². The fraction of sp³-hybridized carbons (Fsp3) is 0.400. The predicted octanol–water partition coefficient (Wildman–Crippen LogP) is 4.12. The van der Waals surface area contributed by atoms with Gasteiger partial charge in [0.05, 0.1) is 5.69 Å². The average molecular weight is 357 g/mol. The zero-order valence-corrected chi connectivity index (χ0v) is 14.1. The maximum atomic E-state index is 6.16. The summed E-state index contributed by atoms with van der Waals surface area (Å²) in [6, 6.07) is 8.31. The van der Waals surface area contributed by atoms with Crippen molar-refractivity contribution < 1.29 is 0 Å². The summed E-state index contributed by atoms with van der Waals surface area (Å²) < 4.78 is 2.84. The molecule has 0 fully saturated rings. The first-order valence-electron chi connectivity index (χ1n) is 6.76. The molecule has 20 heavy (non-hydrogen) atoms. The second-order valence-electron chi connectivity index (χ2n) is 4.89. The highest BCUT2D eigenvalue weighted by Gasteiger charge is 2.14. The van der Waals surface area contributed by atoms with Crippen LogP contribution in [0, 0.1) is 0 Å². The Morgan fingerprint density at radius 2 is 2.20 bits per heavy atom. The van der Waals surface area contributed by atoms with Crippen LogP contribution in [0.4, 0.5) is 0 Å². The van der Waals surface area contributed by atoms with Gasteiger partial charge in [-0.2, -0.15) is 5.10 Å². The first-order valence-corrected chi connectivity index (χ1v) is 7.93. The van der Waals surface area contributed by atoms with E-state index in [1.165, 1.54) is 5.56 Å². The molecular formula is C15H19BrClN3. The molecule has 0 aliphatic rings. The number of nitrogens with zero attached hydrogens (tertiary/aromatic N) is 2. The van der Waals surface area contributed by atoms with Crippen molar-refractivity contribution in [2.24, 2.45) is 7.05 Å². The van der Waals surface area contributed by atoms with E-state index < -0.39 is 0 Å². The third kappa shape index (κ3) is 4.33. The van der Waals surface area contributed by atoms with Crippen molar-refractivity contribution in [3.05, 3.63) is 51.2 Å². The summed E-state index contributed by atoms with van der Waals surface area (Å²) >= 11 is 9.66. The Balaban J connectivity index is 2.21. The monoisotopic (exact) mass is 355 g/mol. The molecule has 0 amide bonds. The van der Waals surface area contributed by atoms with E-state index in [9.17, 15) is 0 Å². The quantitative estimate of drug-likeness (QED) is 0.844. The fourth-order valence-corrected chi connectivity index (χ4v) is 3.07. The smallest absolute Gasteiger partial charge is 0.0643 e. The Bertz CT molecular complexity index is 548. The number of hydrogen-bond donors (Lipinski definition) is 1. The molecule has 1 atom stereocenters. The van der Waals surface area contributed by atoms with Gasteiger partial charge in [0.25, 0.3) is 0 Å². The Morgan fingerprint density at radius 3 is 2.80 bits per heavy atom. The molecule has 3 nitrogen and oxygen atoms in total. The summed E-state index contributed by atoms with van der Waals surface area (Å²) in [6.45, 7) is 3.14. The van der Waals surface area contributed by atoms with Crippen LogP contribution in [0.5, 0.6) is 0 Å². The second kappa shape index (κ2) is 7.25. The molecule has 0 saturated carbocycles. The van der Waals surface area contributed by atoms with E-state index in [2.05, 4.69) is 45.4 Å². The molecule has 1 heterocycles. The summed E-state index contributed by atoms with van der Waals surface area (Å²) in [5.74, 6) is 0. The van der Waals surface area contributed by atoms with E-state index in [4.69, 9.17) is 11.6 Å². The van der Waals surface area contributed by atoms with E-state index in [0.29, 0.717) is 0 Å². The Hall–Kier alpha value is -0.840. The molecule has 0 saturated heterocycles. The molecule has 0 aliphatic carbocycles. The number of hydrogen-bond acceptors (Lipinski definition) is 2. The molecule has 108 valence electrons. The van der Waals surface area contributed by atoms with Crippen molar-refractivity contribution in [2.75, 3.05) is 6.54 Å². The van der Waals surface area contributed by atoms with Crippen LogP contribution in [0.15, 0.2) is 34.9 Å². The van der Waals surface area contributed by atoms with Crippen LogP contribution in [0.3, 0.4) is 0 Å². The Morgan fingerprint density at radius 1 is 1.40 bits per heavy atom. The lowest BCUT2D eigenvalue weighted by Crippen LogP contribution is -2.24. The van der Waals surface area contributed by atoms with E-state index in [1.807, 2.05) is 30.1 Å². The number of halogens is 2. The van der Waals surface area contributed by atoms with Crippen molar-refractivity contribution in [3.63, 3.8) is 0 Å². The van der Waals surface area contributed by atoms with Crippen molar-refractivity contribution in [3.8, 4) is 0 Å². The largest absolute Gasteiger partial charge is 0.310 e. The Labute approximate surface area is 133 Å². The molecule has 1 aromatic heterocycles. The molecule has 0 spiro atoms. The van der Waals surface area contributed by atoms with Gasteiger partial charge in [0.1, 0.15) is 0 Å². The summed E-state index contributed by atoms with van der Waals surface area (Å²) in [7, 11) is 1.94. The van der Waals surface area contributed by atoms with Crippen molar-refractivity contribution >= 4 is 27.5 Å². The Kier molecular flexibility index (Phi) is 5.64. The fourth-order valence-electron chi connectivity index (χ4n) is 2.18. The van der Waals surface area contributed by atoms with Crippen LogP contribution in [-0.2, 0) is 13.5 Å². The van der Waals surface area contributed by atoms with Gasteiger partial charge in [-0.05, 0) is 42.8 Å². The predicted molar refractivity (Wildman–Crippen MR) is 87.1 cm³/mol. The first-order chi connectivity index (χ1) is 9.58. The van der Waals surface area contributed by atoms with Gasteiger partial charge < -0.3 is 5.32 Å². The minimum atomic E-state index is 0.222. The maximum absolute atomic E-state index is 6.16. The SMILES string of the molecule is CCCNC(Cc1ccn(C)n1)c1cc(Cl)cc(Br)c1. The van der Waals surface area contributed by atoms with Gasteiger partial charge in [0.2, 0.25) is 0 Å². The van der Waals surface area contributed by atoms with E-state index in [0.717, 1.165) is 34.6 Å². The zero-order chi connectivity index (χ0) is 14.5. The molecule has 0 aliphatic heterocycles. The van der Waals surface area contributed by atoms with Crippen LogP contribution >= 0.6 is 27.5 Å². The molecular weight excluding hydrogens is 338 g/mol. The highest BCUT2D eigenvalue weighted by molar-refractivity contribution is 9.10. The van der Waals surface area contributed by atoms with E-state index >= 15 is 0 Å². The minimum Gasteiger partial charge on any atom is -0.310 e. The van der Waals surface area contributed by atoms with Gasteiger partial charge in [-0.1, -0.05) is 34.5 Å². The number of nitrogens with one attached hydrogen (secondary N) is 1. The first kappa shape index (κ1) is 15.5. The molecule has 2 aromatic rings. The highest BCUT2D eigenvalue weighted by atomic mass is 79.9. The van der Waals surface area contributed by atoms with Gasteiger partial charge >= 0.3 is 0 Å². The molecule has 0 radical (unpaired) electrons. The normalized spacial score (nSPS) is 12.6. The van der Waals surface area contributed by atoms with Crippen LogP contribution < -0.4 is 5.32 Å². The van der Waals surface area contributed by atoms with Gasteiger partial charge in [0.15, 0.2) is 0 Å². The lowest BCUT2D eigenvalue weighted by molar-refractivity contribution is 0.521.